The van der Waals surface area contributed by atoms with Gasteiger partial charge in [0.25, 0.3) is 0 Å². The Hall–Kier alpha value is -1.76. The average Bonchev–Trinajstić information content (AvgIpc) is 2.53. The van der Waals surface area contributed by atoms with Gasteiger partial charge in [-0.1, -0.05) is 38.1 Å². The molecule has 0 spiro atoms. The number of alkyl halides is 3. The van der Waals surface area contributed by atoms with E-state index < -0.39 is 12.8 Å². The van der Waals surface area contributed by atoms with Crippen LogP contribution in [0.1, 0.15) is 38.8 Å². The van der Waals surface area contributed by atoms with Crippen LogP contribution >= 0.6 is 0 Å². The number of nitrogens with one attached hydrogen (secondary N) is 1. The Balaban J connectivity index is 2.48. The van der Waals surface area contributed by atoms with E-state index in [4.69, 9.17) is 0 Å². The normalized spacial score (nSPS) is 13.0. The van der Waals surface area contributed by atoms with Crippen molar-refractivity contribution in [2.45, 2.75) is 53.1 Å². The second-order valence-electron chi connectivity index (χ2n) is 6.35. The molecular formula is C18H27F3N2O2. The molecule has 0 aliphatic rings. The van der Waals surface area contributed by atoms with Gasteiger partial charge in [-0.15, -0.1) is 0 Å². The number of carbonyl (C=O) groups excluding carboxylic acids is 1. The van der Waals surface area contributed by atoms with Gasteiger partial charge in [-0.2, -0.15) is 13.2 Å². The Labute approximate surface area is 147 Å². The molecule has 0 aliphatic carbocycles. The maximum absolute atomic E-state index is 12.3. The summed E-state index contributed by atoms with van der Waals surface area (Å²) in [6.07, 6.45) is -4.32. The zero-order valence-electron chi connectivity index (χ0n) is 15.2. The summed E-state index contributed by atoms with van der Waals surface area (Å²) in [7, 11) is 0. The lowest BCUT2D eigenvalue weighted by Crippen LogP contribution is -2.46. The number of ether oxygens (including phenoxy) is 1. The molecule has 0 aromatic heterocycles. The van der Waals surface area contributed by atoms with Crippen LogP contribution in [-0.2, 0) is 17.9 Å². The second kappa shape index (κ2) is 9.65. The van der Waals surface area contributed by atoms with Gasteiger partial charge in [0.05, 0.1) is 6.61 Å². The molecule has 1 aromatic rings. The topological polar surface area (TPSA) is 41.6 Å². The zero-order chi connectivity index (χ0) is 19.0. The van der Waals surface area contributed by atoms with E-state index in [0.29, 0.717) is 24.6 Å². The third-order valence-electron chi connectivity index (χ3n) is 4.06. The predicted molar refractivity (Wildman–Crippen MR) is 91.1 cm³/mol. The number of benzene rings is 1. The van der Waals surface area contributed by atoms with Crippen molar-refractivity contribution in [3.05, 3.63) is 35.4 Å². The first-order chi connectivity index (χ1) is 11.6. The lowest BCUT2D eigenvalue weighted by molar-refractivity contribution is -0.176. The summed E-state index contributed by atoms with van der Waals surface area (Å²) < 4.78 is 40.7. The van der Waals surface area contributed by atoms with Crippen molar-refractivity contribution in [3.8, 4) is 0 Å². The molecule has 0 bridgehead atoms. The third-order valence-corrected chi connectivity index (χ3v) is 4.06. The third kappa shape index (κ3) is 7.77. The van der Waals surface area contributed by atoms with E-state index in [1.54, 1.807) is 29.2 Å². The highest BCUT2D eigenvalue weighted by molar-refractivity contribution is 5.74. The van der Waals surface area contributed by atoms with Crippen molar-refractivity contribution in [1.29, 1.82) is 0 Å². The molecule has 1 N–H and O–H groups in total. The predicted octanol–water partition coefficient (Wildman–Crippen LogP) is 4.34. The number of amides is 2. The van der Waals surface area contributed by atoms with E-state index in [1.807, 2.05) is 13.8 Å². The minimum absolute atomic E-state index is 0.0956. The summed E-state index contributed by atoms with van der Waals surface area (Å²) in [5.41, 5.74) is 1.53. The minimum Gasteiger partial charge on any atom is -0.367 e. The lowest BCUT2D eigenvalue weighted by atomic mass is 10.1. The molecule has 2 amide bonds. The van der Waals surface area contributed by atoms with Gasteiger partial charge in [0.15, 0.2) is 0 Å². The Morgan fingerprint density at radius 3 is 2.20 bits per heavy atom. The molecule has 0 fully saturated rings. The summed E-state index contributed by atoms with van der Waals surface area (Å²) in [4.78, 5) is 14.1. The maximum atomic E-state index is 12.3. The highest BCUT2D eigenvalue weighted by atomic mass is 19.4. The molecule has 1 unspecified atom stereocenters. The minimum atomic E-state index is -4.32. The van der Waals surface area contributed by atoms with Crippen molar-refractivity contribution in [3.63, 3.8) is 0 Å². The highest BCUT2D eigenvalue weighted by Gasteiger charge is 2.27. The van der Waals surface area contributed by atoms with E-state index in [2.05, 4.69) is 23.9 Å². The summed E-state index contributed by atoms with van der Waals surface area (Å²) in [5, 5.41) is 2.88. The van der Waals surface area contributed by atoms with E-state index in [-0.39, 0.29) is 18.7 Å². The Bertz CT molecular complexity index is 530. The Morgan fingerprint density at radius 1 is 1.16 bits per heavy atom. The van der Waals surface area contributed by atoms with Crippen LogP contribution < -0.4 is 5.32 Å². The van der Waals surface area contributed by atoms with Gasteiger partial charge in [-0.05, 0) is 30.9 Å². The monoisotopic (exact) mass is 360 g/mol. The average molecular weight is 360 g/mol. The van der Waals surface area contributed by atoms with Crippen molar-refractivity contribution < 1.29 is 22.7 Å². The Morgan fingerprint density at radius 2 is 1.72 bits per heavy atom. The largest absolute Gasteiger partial charge is 0.411 e. The maximum Gasteiger partial charge on any atom is 0.411 e. The molecule has 7 heteroatoms. The molecule has 0 radical (unpaired) electrons. The van der Waals surface area contributed by atoms with E-state index in [0.717, 1.165) is 5.56 Å². The molecule has 0 saturated heterocycles. The standard InChI is InChI=1S/C18H27F3N2O2/c1-5-23(14(4)13(2)3)17(24)22-10-15-6-8-16(9-7-15)11-25-12-18(19,20)21/h6-9,13-14H,5,10-12H2,1-4H3,(H,22,24). The molecule has 0 heterocycles. The van der Waals surface area contributed by atoms with Crippen LogP contribution in [-0.4, -0.2) is 36.3 Å². The number of hydrogen-bond acceptors (Lipinski definition) is 2. The number of halogens is 3. The van der Waals surface area contributed by atoms with Crippen molar-refractivity contribution in [2.75, 3.05) is 13.2 Å². The second-order valence-corrected chi connectivity index (χ2v) is 6.35. The fourth-order valence-electron chi connectivity index (χ4n) is 2.29. The molecule has 0 aliphatic heterocycles. The first-order valence-corrected chi connectivity index (χ1v) is 8.40. The van der Waals surface area contributed by atoms with Crippen LogP contribution in [0.2, 0.25) is 0 Å². The van der Waals surface area contributed by atoms with Crippen LogP contribution in [0.25, 0.3) is 0 Å². The summed E-state index contributed by atoms with van der Waals surface area (Å²) in [5.74, 6) is 0.363. The highest BCUT2D eigenvalue weighted by Crippen LogP contribution is 2.16. The molecule has 25 heavy (non-hydrogen) atoms. The first-order valence-electron chi connectivity index (χ1n) is 8.40. The van der Waals surface area contributed by atoms with Crippen LogP contribution in [0.3, 0.4) is 0 Å². The molecule has 4 nitrogen and oxygen atoms in total. The molecule has 1 atom stereocenters. The fourth-order valence-corrected chi connectivity index (χ4v) is 2.29. The van der Waals surface area contributed by atoms with Crippen LogP contribution in [0.5, 0.6) is 0 Å². The molecular weight excluding hydrogens is 333 g/mol. The molecule has 1 rings (SSSR count). The number of carbonyl (C=O) groups is 1. The van der Waals surface area contributed by atoms with Gasteiger partial charge in [-0.3, -0.25) is 0 Å². The van der Waals surface area contributed by atoms with Crippen LogP contribution in [0.4, 0.5) is 18.0 Å². The van der Waals surface area contributed by atoms with E-state index >= 15 is 0 Å². The number of rotatable bonds is 8. The summed E-state index contributed by atoms with van der Waals surface area (Å²) >= 11 is 0. The fraction of sp³-hybridized carbons (Fsp3) is 0.611. The van der Waals surface area contributed by atoms with Crippen molar-refractivity contribution >= 4 is 6.03 Å². The lowest BCUT2D eigenvalue weighted by Gasteiger charge is -2.30. The number of urea groups is 1. The van der Waals surface area contributed by atoms with Crippen LogP contribution in [0.15, 0.2) is 24.3 Å². The molecule has 0 saturated carbocycles. The smallest absolute Gasteiger partial charge is 0.367 e. The zero-order valence-corrected chi connectivity index (χ0v) is 15.2. The van der Waals surface area contributed by atoms with Gasteiger partial charge < -0.3 is 15.0 Å². The van der Waals surface area contributed by atoms with Crippen molar-refractivity contribution in [1.82, 2.24) is 10.2 Å². The van der Waals surface area contributed by atoms with Gasteiger partial charge >= 0.3 is 12.2 Å². The van der Waals surface area contributed by atoms with Gasteiger partial charge in [-0.25, -0.2) is 4.79 Å². The van der Waals surface area contributed by atoms with Crippen molar-refractivity contribution in [2.24, 2.45) is 5.92 Å². The van der Waals surface area contributed by atoms with E-state index in [1.165, 1.54) is 0 Å². The summed E-state index contributed by atoms with van der Waals surface area (Å²) in [6.45, 7) is 7.73. The number of hydrogen-bond donors (Lipinski definition) is 1. The summed E-state index contributed by atoms with van der Waals surface area (Å²) in [6, 6.07) is 6.96. The quantitative estimate of drug-likeness (QED) is 0.749. The van der Waals surface area contributed by atoms with Gasteiger partial charge in [0.1, 0.15) is 6.61 Å². The SMILES string of the molecule is CCN(C(=O)NCc1ccc(COCC(F)(F)F)cc1)C(C)C(C)C. The molecule has 1 aromatic carbocycles. The van der Waals surface area contributed by atoms with Gasteiger partial charge in [0, 0.05) is 19.1 Å². The van der Waals surface area contributed by atoms with Gasteiger partial charge in [0.2, 0.25) is 0 Å². The first kappa shape index (κ1) is 21.3. The van der Waals surface area contributed by atoms with E-state index in [9.17, 15) is 18.0 Å². The number of nitrogens with zero attached hydrogens (tertiary/aromatic N) is 1. The molecule has 142 valence electrons. The Kier molecular flexibility index (Phi) is 8.22. The van der Waals surface area contributed by atoms with Crippen LogP contribution in [0, 0.1) is 5.92 Å².